The van der Waals surface area contributed by atoms with Gasteiger partial charge in [-0.2, -0.15) is 0 Å². The number of hydrogen-bond donors (Lipinski definition) is 2. The van der Waals surface area contributed by atoms with Crippen LogP contribution in [-0.4, -0.2) is 30.9 Å². The predicted octanol–water partition coefficient (Wildman–Crippen LogP) is 0.211. The number of rotatable bonds is 8. The Morgan fingerprint density at radius 1 is 1.25 bits per heavy atom. The minimum atomic E-state index is -0.647. The lowest BCUT2D eigenvalue weighted by Gasteiger charge is -2.11. The normalized spacial score (nSPS) is 12.6. The molecule has 0 saturated heterocycles. The summed E-state index contributed by atoms with van der Waals surface area (Å²) in [5.74, 6) is -0.727. The van der Waals surface area contributed by atoms with Gasteiger partial charge in [0, 0.05) is 5.92 Å². The summed E-state index contributed by atoms with van der Waals surface area (Å²) < 4.78 is 4.81. The van der Waals surface area contributed by atoms with Gasteiger partial charge in [-0.3, -0.25) is 9.59 Å². The molecule has 0 amide bonds. The molecule has 0 radical (unpaired) electrons. The lowest BCUT2D eigenvalue weighted by Crippen LogP contribution is -2.34. The van der Waals surface area contributed by atoms with E-state index in [0.29, 0.717) is 13.0 Å². The molecule has 0 aliphatic carbocycles. The van der Waals surface area contributed by atoms with E-state index in [4.69, 9.17) is 16.2 Å². The highest BCUT2D eigenvalue weighted by molar-refractivity contribution is 5.84. The molecule has 0 rings (SSSR count). The average molecular weight is 230 g/mol. The highest BCUT2D eigenvalue weighted by Crippen LogP contribution is 2.01. The van der Waals surface area contributed by atoms with Crippen LogP contribution in [-0.2, 0) is 14.3 Å². The van der Waals surface area contributed by atoms with Crippen molar-refractivity contribution in [3.8, 4) is 0 Å². The van der Waals surface area contributed by atoms with Gasteiger partial charge in [0.1, 0.15) is 12.6 Å². The lowest BCUT2D eigenvalue weighted by atomic mass is 10.1. The van der Waals surface area contributed by atoms with Crippen LogP contribution in [0, 0.1) is 5.92 Å². The molecule has 16 heavy (non-hydrogen) atoms. The predicted molar refractivity (Wildman–Crippen MR) is 61.7 cm³/mol. The molecule has 0 aliphatic rings. The third-order valence-electron chi connectivity index (χ3n) is 2.27. The van der Waals surface area contributed by atoms with E-state index in [9.17, 15) is 9.59 Å². The summed E-state index contributed by atoms with van der Waals surface area (Å²) in [5, 5.41) is 0. The van der Waals surface area contributed by atoms with Gasteiger partial charge in [0.05, 0.1) is 0 Å². The molecular weight excluding hydrogens is 208 g/mol. The first kappa shape index (κ1) is 15.1. The van der Waals surface area contributed by atoms with Crippen molar-refractivity contribution in [2.75, 3.05) is 13.2 Å². The average Bonchev–Trinajstić information content (AvgIpc) is 2.25. The first-order chi connectivity index (χ1) is 7.49. The number of nitrogens with two attached hydrogens (primary N) is 2. The molecule has 4 N–H and O–H groups in total. The van der Waals surface area contributed by atoms with Gasteiger partial charge in [-0.05, 0) is 19.4 Å². The van der Waals surface area contributed by atoms with Crippen LogP contribution in [0.5, 0.6) is 0 Å². The molecule has 0 aromatic rings. The summed E-state index contributed by atoms with van der Waals surface area (Å²) in [4.78, 5) is 22.5. The van der Waals surface area contributed by atoms with Gasteiger partial charge >= 0.3 is 5.97 Å². The standard InChI is InChI=1S/C11H22N2O3/c1-8(2)10(14)7-16-11(15)9(13)5-3-4-6-12/h8-9H,3-7,12-13H2,1-2H3/t9-/m0/s1. The van der Waals surface area contributed by atoms with E-state index in [1.165, 1.54) is 0 Å². The molecule has 0 aromatic carbocycles. The molecule has 5 nitrogen and oxygen atoms in total. The Kier molecular flexibility index (Phi) is 7.76. The maximum absolute atomic E-state index is 11.3. The van der Waals surface area contributed by atoms with E-state index in [1.54, 1.807) is 13.8 Å². The number of ketones is 1. The quantitative estimate of drug-likeness (QED) is 0.459. The minimum absolute atomic E-state index is 0.0949. The first-order valence-electron chi connectivity index (χ1n) is 5.64. The second kappa shape index (κ2) is 8.24. The number of unbranched alkanes of at least 4 members (excludes halogenated alkanes) is 1. The Labute approximate surface area is 96.5 Å². The summed E-state index contributed by atoms with van der Waals surface area (Å²) in [7, 11) is 0. The molecule has 1 atom stereocenters. The maximum Gasteiger partial charge on any atom is 0.323 e. The van der Waals surface area contributed by atoms with Gasteiger partial charge in [-0.1, -0.05) is 20.3 Å². The lowest BCUT2D eigenvalue weighted by molar-refractivity contribution is -0.150. The summed E-state index contributed by atoms with van der Waals surface area (Å²) in [6, 6.07) is -0.647. The Morgan fingerprint density at radius 2 is 1.88 bits per heavy atom. The molecule has 0 spiro atoms. The van der Waals surface area contributed by atoms with Crippen molar-refractivity contribution in [2.24, 2.45) is 17.4 Å². The highest BCUT2D eigenvalue weighted by atomic mass is 16.5. The molecule has 94 valence electrons. The molecule has 5 heteroatoms. The van der Waals surface area contributed by atoms with Crippen LogP contribution >= 0.6 is 0 Å². The number of carbonyl (C=O) groups is 2. The summed E-state index contributed by atoms with van der Waals surface area (Å²) in [6.07, 6.45) is 2.18. The number of Topliss-reactive ketones (excluding diaryl/α,β-unsaturated/α-hetero) is 1. The molecule has 0 heterocycles. The van der Waals surface area contributed by atoms with Crippen LogP contribution in [0.1, 0.15) is 33.1 Å². The Bertz CT molecular complexity index is 229. The third kappa shape index (κ3) is 6.53. The Balaban J connectivity index is 3.75. The fourth-order valence-corrected chi connectivity index (χ4v) is 1.04. The van der Waals surface area contributed by atoms with Crippen LogP contribution in [0.15, 0.2) is 0 Å². The van der Waals surface area contributed by atoms with Crippen LogP contribution in [0.25, 0.3) is 0 Å². The molecule has 0 fully saturated rings. The topological polar surface area (TPSA) is 95.4 Å². The molecule has 0 saturated carbocycles. The second-order valence-corrected chi connectivity index (χ2v) is 4.12. The zero-order valence-electron chi connectivity index (χ0n) is 10.1. The van der Waals surface area contributed by atoms with Gasteiger partial charge in [-0.25, -0.2) is 0 Å². The smallest absolute Gasteiger partial charge is 0.323 e. The first-order valence-corrected chi connectivity index (χ1v) is 5.64. The van der Waals surface area contributed by atoms with E-state index < -0.39 is 12.0 Å². The van der Waals surface area contributed by atoms with Crippen LogP contribution in [0.2, 0.25) is 0 Å². The van der Waals surface area contributed by atoms with E-state index in [2.05, 4.69) is 0 Å². The number of hydrogen-bond acceptors (Lipinski definition) is 5. The van der Waals surface area contributed by atoms with Gasteiger partial charge in [0.2, 0.25) is 0 Å². The van der Waals surface area contributed by atoms with E-state index >= 15 is 0 Å². The summed E-state index contributed by atoms with van der Waals surface area (Å²) in [6.45, 7) is 3.93. The van der Waals surface area contributed by atoms with Gasteiger partial charge in [-0.15, -0.1) is 0 Å². The van der Waals surface area contributed by atoms with Gasteiger partial charge < -0.3 is 16.2 Å². The number of ether oxygens (including phenoxy) is 1. The fraction of sp³-hybridized carbons (Fsp3) is 0.818. The molecule has 0 bridgehead atoms. The maximum atomic E-state index is 11.3. The fourth-order valence-electron chi connectivity index (χ4n) is 1.04. The van der Waals surface area contributed by atoms with Crippen molar-refractivity contribution in [3.63, 3.8) is 0 Å². The van der Waals surface area contributed by atoms with Crippen molar-refractivity contribution < 1.29 is 14.3 Å². The van der Waals surface area contributed by atoms with Crippen LogP contribution in [0.3, 0.4) is 0 Å². The molecule has 0 aromatic heterocycles. The van der Waals surface area contributed by atoms with Crippen molar-refractivity contribution in [2.45, 2.75) is 39.2 Å². The van der Waals surface area contributed by atoms with Crippen LogP contribution in [0.4, 0.5) is 0 Å². The zero-order valence-corrected chi connectivity index (χ0v) is 10.1. The summed E-state index contributed by atoms with van der Waals surface area (Å²) >= 11 is 0. The molecule has 0 unspecified atom stereocenters. The number of carbonyl (C=O) groups excluding carboxylic acids is 2. The highest BCUT2D eigenvalue weighted by Gasteiger charge is 2.16. The van der Waals surface area contributed by atoms with E-state index in [-0.39, 0.29) is 18.3 Å². The molecule has 0 aliphatic heterocycles. The Morgan fingerprint density at radius 3 is 2.38 bits per heavy atom. The molecular formula is C11H22N2O3. The van der Waals surface area contributed by atoms with Crippen LogP contribution < -0.4 is 11.5 Å². The van der Waals surface area contributed by atoms with E-state index in [1.807, 2.05) is 0 Å². The minimum Gasteiger partial charge on any atom is -0.457 e. The van der Waals surface area contributed by atoms with Gasteiger partial charge in [0.25, 0.3) is 0 Å². The third-order valence-corrected chi connectivity index (χ3v) is 2.27. The van der Waals surface area contributed by atoms with Crippen molar-refractivity contribution in [3.05, 3.63) is 0 Å². The van der Waals surface area contributed by atoms with Crippen molar-refractivity contribution in [1.82, 2.24) is 0 Å². The van der Waals surface area contributed by atoms with Gasteiger partial charge in [0.15, 0.2) is 5.78 Å². The summed E-state index contributed by atoms with van der Waals surface area (Å²) in [5.41, 5.74) is 10.9. The van der Waals surface area contributed by atoms with Crippen molar-refractivity contribution in [1.29, 1.82) is 0 Å². The largest absolute Gasteiger partial charge is 0.457 e. The number of esters is 1. The van der Waals surface area contributed by atoms with E-state index in [0.717, 1.165) is 12.8 Å². The zero-order chi connectivity index (χ0) is 12.6. The SMILES string of the molecule is CC(C)C(=O)COC(=O)[C@@H](N)CCCCN. The Hall–Kier alpha value is -0.940. The second-order valence-electron chi connectivity index (χ2n) is 4.12. The monoisotopic (exact) mass is 230 g/mol. The van der Waals surface area contributed by atoms with Crippen molar-refractivity contribution >= 4 is 11.8 Å².